The number of benzene rings is 1. The molecular weight excluding hydrogens is 271 g/mol. The highest BCUT2D eigenvalue weighted by atomic mass is 32.2. The van der Waals surface area contributed by atoms with Crippen molar-refractivity contribution in [3.8, 4) is 0 Å². The monoisotopic (exact) mass is 280 g/mol. The molecule has 0 atom stereocenters. The van der Waals surface area contributed by atoms with Crippen molar-refractivity contribution >= 4 is 27.5 Å². The summed E-state index contributed by atoms with van der Waals surface area (Å²) in [5.74, 6) is -1.25. The molecule has 1 aromatic rings. The largest absolute Gasteiger partial charge is 0.318 e. The van der Waals surface area contributed by atoms with Gasteiger partial charge in [-0.2, -0.15) is 4.39 Å². The Labute approximate surface area is 101 Å². The fraction of sp³-hybridized carbons (Fsp3) is 0.250. The van der Waals surface area contributed by atoms with Crippen LogP contribution in [0.3, 0.4) is 0 Å². The van der Waals surface area contributed by atoms with E-state index in [9.17, 15) is 22.9 Å². The highest BCUT2D eigenvalue weighted by Crippen LogP contribution is 2.31. The summed E-state index contributed by atoms with van der Waals surface area (Å²) in [6.07, 6.45) is 0. The van der Waals surface area contributed by atoms with Gasteiger partial charge in [0.1, 0.15) is 0 Å². The van der Waals surface area contributed by atoms with E-state index in [1.807, 2.05) is 0 Å². The Morgan fingerprint density at radius 1 is 1.47 bits per heavy atom. The number of rotatable bonds is 5. The van der Waals surface area contributed by atoms with Gasteiger partial charge in [-0.15, -0.1) is 11.8 Å². The number of hydrogen-bond acceptors (Lipinski definition) is 5. The molecule has 1 rings (SSSR count). The van der Waals surface area contributed by atoms with Gasteiger partial charge in [0.25, 0.3) is 0 Å². The first-order chi connectivity index (χ1) is 7.81. The van der Waals surface area contributed by atoms with Crippen LogP contribution in [0.25, 0.3) is 0 Å². The van der Waals surface area contributed by atoms with Crippen LogP contribution >= 0.6 is 11.8 Å². The Morgan fingerprint density at radius 3 is 2.65 bits per heavy atom. The Hall–Kier alpha value is -1.19. The van der Waals surface area contributed by atoms with Crippen LogP contribution in [0.5, 0.6) is 0 Å². The second-order valence-corrected chi connectivity index (χ2v) is 5.93. The number of para-hydroxylation sites is 1. The van der Waals surface area contributed by atoms with Gasteiger partial charge in [0.05, 0.1) is 15.6 Å². The minimum Gasteiger partial charge on any atom is -0.258 e. The maximum Gasteiger partial charge on any atom is 0.318 e. The molecule has 0 saturated carbocycles. The van der Waals surface area contributed by atoms with Crippen molar-refractivity contribution in [3.05, 3.63) is 34.1 Å². The summed E-state index contributed by atoms with van der Waals surface area (Å²) in [6, 6.07) is 3.65. The molecule has 0 aliphatic rings. The standard InChI is InChI=1S/C8H9FN2O4S2/c9-6-2-1-3-7(8(6)11(12)13)16-4-5-17(10,14)15/h1-3H,4-5H2,(H2,10,14,15). The summed E-state index contributed by atoms with van der Waals surface area (Å²) in [7, 11) is -3.62. The second kappa shape index (κ2) is 5.43. The summed E-state index contributed by atoms with van der Waals surface area (Å²) in [4.78, 5) is 9.86. The van der Waals surface area contributed by atoms with Crippen LogP contribution < -0.4 is 5.14 Å². The lowest BCUT2D eigenvalue weighted by atomic mass is 10.3. The molecule has 0 spiro atoms. The molecule has 17 heavy (non-hydrogen) atoms. The van der Waals surface area contributed by atoms with E-state index in [-0.39, 0.29) is 16.4 Å². The summed E-state index contributed by atoms with van der Waals surface area (Å²) < 4.78 is 34.5. The van der Waals surface area contributed by atoms with Crippen LogP contribution in [0.15, 0.2) is 23.1 Å². The topological polar surface area (TPSA) is 103 Å². The molecule has 0 saturated heterocycles. The minimum absolute atomic E-state index is 0.0309. The van der Waals surface area contributed by atoms with E-state index in [0.29, 0.717) is 0 Å². The van der Waals surface area contributed by atoms with E-state index in [1.54, 1.807) is 0 Å². The predicted molar refractivity (Wildman–Crippen MR) is 61.8 cm³/mol. The molecule has 0 fully saturated rings. The van der Waals surface area contributed by atoms with E-state index < -0.39 is 26.5 Å². The number of thioether (sulfide) groups is 1. The van der Waals surface area contributed by atoms with E-state index in [2.05, 4.69) is 0 Å². The SMILES string of the molecule is NS(=O)(=O)CCSc1cccc(F)c1[N+](=O)[O-]. The zero-order chi connectivity index (χ0) is 13.1. The molecule has 0 aliphatic heterocycles. The highest BCUT2D eigenvalue weighted by Gasteiger charge is 2.20. The number of primary sulfonamides is 1. The van der Waals surface area contributed by atoms with Crippen molar-refractivity contribution in [3.63, 3.8) is 0 Å². The van der Waals surface area contributed by atoms with Crippen LogP contribution in [-0.4, -0.2) is 24.8 Å². The summed E-state index contributed by atoms with van der Waals surface area (Å²) in [6.45, 7) is 0. The van der Waals surface area contributed by atoms with Gasteiger partial charge in [-0.25, -0.2) is 13.6 Å². The third kappa shape index (κ3) is 4.29. The maximum atomic E-state index is 13.2. The van der Waals surface area contributed by atoms with E-state index >= 15 is 0 Å². The van der Waals surface area contributed by atoms with Crippen molar-refractivity contribution in [2.45, 2.75) is 4.90 Å². The number of hydrogen-bond donors (Lipinski definition) is 1. The smallest absolute Gasteiger partial charge is 0.258 e. The van der Waals surface area contributed by atoms with Crippen molar-refractivity contribution < 1.29 is 17.7 Å². The Balaban J connectivity index is 2.85. The zero-order valence-corrected chi connectivity index (χ0v) is 10.1. The molecular formula is C8H9FN2O4S2. The quantitative estimate of drug-likeness (QED) is 0.494. The van der Waals surface area contributed by atoms with Crippen molar-refractivity contribution in [1.82, 2.24) is 0 Å². The summed E-state index contributed by atoms with van der Waals surface area (Å²) >= 11 is 0.876. The van der Waals surface area contributed by atoms with Crippen molar-refractivity contribution in [2.24, 2.45) is 5.14 Å². The molecule has 0 aromatic heterocycles. The zero-order valence-electron chi connectivity index (χ0n) is 8.50. The normalized spacial score (nSPS) is 11.4. The van der Waals surface area contributed by atoms with Gasteiger partial charge >= 0.3 is 5.69 Å². The molecule has 94 valence electrons. The third-order valence-corrected chi connectivity index (χ3v) is 3.84. The van der Waals surface area contributed by atoms with E-state index in [1.165, 1.54) is 12.1 Å². The average Bonchev–Trinajstić information content (AvgIpc) is 2.14. The van der Waals surface area contributed by atoms with E-state index in [4.69, 9.17) is 5.14 Å². The molecule has 2 N–H and O–H groups in total. The van der Waals surface area contributed by atoms with Gasteiger partial charge < -0.3 is 0 Å². The van der Waals surface area contributed by atoms with Crippen LogP contribution in [0.1, 0.15) is 0 Å². The Kier molecular flexibility index (Phi) is 4.43. The fourth-order valence-electron chi connectivity index (χ4n) is 1.06. The van der Waals surface area contributed by atoms with Gasteiger partial charge in [0.2, 0.25) is 15.8 Å². The number of nitrogens with zero attached hydrogens (tertiary/aromatic N) is 1. The number of nitro groups is 1. The molecule has 0 heterocycles. The van der Waals surface area contributed by atoms with Crippen LogP contribution in [0, 0.1) is 15.9 Å². The van der Waals surface area contributed by atoms with Crippen molar-refractivity contribution in [1.29, 1.82) is 0 Å². The van der Waals surface area contributed by atoms with Gasteiger partial charge in [0.15, 0.2) is 0 Å². The van der Waals surface area contributed by atoms with Crippen LogP contribution in [0.2, 0.25) is 0 Å². The molecule has 0 radical (unpaired) electrons. The fourth-order valence-corrected chi connectivity index (χ4v) is 3.02. The molecule has 0 aliphatic carbocycles. The first-order valence-corrected chi connectivity index (χ1v) is 7.07. The molecule has 0 unspecified atom stereocenters. The molecule has 1 aromatic carbocycles. The van der Waals surface area contributed by atoms with Crippen molar-refractivity contribution in [2.75, 3.05) is 11.5 Å². The number of halogens is 1. The Bertz CT molecular complexity index is 532. The Morgan fingerprint density at radius 2 is 2.12 bits per heavy atom. The van der Waals surface area contributed by atoms with Gasteiger partial charge in [-0.1, -0.05) is 6.07 Å². The van der Waals surface area contributed by atoms with Gasteiger partial charge in [-0.05, 0) is 12.1 Å². The number of nitro benzene ring substituents is 1. The van der Waals surface area contributed by atoms with Crippen LogP contribution in [-0.2, 0) is 10.0 Å². The first kappa shape index (κ1) is 13.9. The second-order valence-electron chi connectivity index (χ2n) is 3.06. The lowest BCUT2D eigenvalue weighted by Gasteiger charge is -2.02. The molecule has 0 amide bonds. The number of nitrogens with two attached hydrogens (primary N) is 1. The van der Waals surface area contributed by atoms with E-state index in [0.717, 1.165) is 17.8 Å². The minimum atomic E-state index is -3.62. The lowest BCUT2D eigenvalue weighted by molar-refractivity contribution is -0.390. The highest BCUT2D eigenvalue weighted by molar-refractivity contribution is 8.00. The average molecular weight is 280 g/mol. The molecule has 6 nitrogen and oxygen atoms in total. The molecule has 9 heteroatoms. The van der Waals surface area contributed by atoms with Gasteiger partial charge in [0, 0.05) is 5.75 Å². The lowest BCUT2D eigenvalue weighted by Crippen LogP contribution is -2.17. The maximum absolute atomic E-state index is 13.2. The third-order valence-electron chi connectivity index (χ3n) is 1.76. The summed E-state index contributed by atoms with van der Waals surface area (Å²) in [5.41, 5.74) is -0.646. The first-order valence-electron chi connectivity index (χ1n) is 4.37. The predicted octanol–water partition coefficient (Wildman–Crippen LogP) is 1.11. The van der Waals surface area contributed by atoms with Crippen LogP contribution in [0.4, 0.5) is 10.1 Å². The summed E-state index contributed by atoms with van der Waals surface area (Å²) in [5, 5.41) is 15.4. The molecule has 0 bridgehead atoms. The number of sulfonamides is 1. The van der Waals surface area contributed by atoms with Gasteiger partial charge in [-0.3, -0.25) is 10.1 Å².